The Morgan fingerprint density at radius 2 is 1.86 bits per heavy atom. The SMILES string of the molecule is C=CCN(C(=O)C1CCCCC1)[C@H](C)C(=O)c1c(C)c(C(=O)OC)n(C)c1C. The average Bonchev–Trinajstić information content (AvgIpc) is 2.93. The van der Waals surface area contributed by atoms with E-state index < -0.39 is 12.0 Å². The first-order chi connectivity index (χ1) is 13.3. The van der Waals surface area contributed by atoms with Gasteiger partial charge >= 0.3 is 5.97 Å². The number of rotatable bonds is 7. The number of amides is 1. The van der Waals surface area contributed by atoms with Crippen molar-refractivity contribution in [1.29, 1.82) is 0 Å². The summed E-state index contributed by atoms with van der Waals surface area (Å²) in [7, 11) is 3.06. The van der Waals surface area contributed by atoms with Crippen molar-refractivity contribution in [2.45, 2.75) is 58.9 Å². The molecule has 1 aromatic rings. The Balaban J connectivity index is 2.36. The molecule has 1 aliphatic carbocycles. The van der Waals surface area contributed by atoms with Crippen LogP contribution in [0.1, 0.15) is 71.1 Å². The zero-order valence-corrected chi connectivity index (χ0v) is 17.7. The fraction of sp³-hybridized carbons (Fsp3) is 0.591. The van der Waals surface area contributed by atoms with Crippen LogP contribution in [0, 0.1) is 19.8 Å². The highest BCUT2D eigenvalue weighted by molar-refractivity contribution is 6.06. The molecule has 1 fully saturated rings. The Bertz CT molecular complexity index is 772. The van der Waals surface area contributed by atoms with Crippen molar-refractivity contribution in [2.75, 3.05) is 13.7 Å². The molecule has 0 bridgehead atoms. The van der Waals surface area contributed by atoms with E-state index in [4.69, 9.17) is 4.74 Å². The Morgan fingerprint density at radius 3 is 2.39 bits per heavy atom. The van der Waals surface area contributed by atoms with Gasteiger partial charge in [0, 0.05) is 30.8 Å². The maximum Gasteiger partial charge on any atom is 0.354 e. The van der Waals surface area contributed by atoms with Crippen molar-refractivity contribution >= 4 is 17.7 Å². The summed E-state index contributed by atoms with van der Waals surface area (Å²) in [5.41, 5.74) is 2.14. The van der Waals surface area contributed by atoms with Crippen molar-refractivity contribution < 1.29 is 19.1 Å². The highest BCUT2D eigenvalue weighted by Crippen LogP contribution is 2.28. The van der Waals surface area contributed by atoms with Crippen LogP contribution in [0.4, 0.5) is 0 Å². The van der Waals surface area contributed by atoms with E-state index >= 15 is 0 Å². The van der Waals surface area contributed by atoms with Crippen LogP contribution >= 0.6 is 0 Å². The normalized spacial score (nSPS) is 15.8. The lowest BCUT2D eigenvalue weighted by molar-refractivity contribution is -0.137. The van der Waals surface area contributed by atoms with Crippen LogP contribution in [0.15, 0.2) is 12.7 Å². The third kappa shape index (κ3) is 4.05. The molecule has 1 aliphatic rings. The molecular formula is C22H32N2O4. The zero-order chi connectivity index (χ0) is 21.0. The molecule has 0 radical (unpaired) electrons. The van der Waals surface area contributed by atoms with Crippen LogP contribution < -0.4 is 0 Å². The predicted molar refractivity (Wildman–Crippen MR) is 109 cm³/mol. The standard InChI is InChI=1S/C22H32N2O4/c1-7-13-24(21(26)17-11-9-8-10-12-17)16(4)20(25)18-14(2)19(22(27)28-6)23(5)15(18)3/h7,16-17H,1,8-13H2,2-6H3/t16-/m1/s1. The lowest BCUT2D eigenvalue weighted by Gasteiger charge is -2.32. The summed E-state index contributed by atoms with van der Waals surface area (Å²) in [6.45, 7) is 9.41. The van der Waals surface area contributed by atoms with Crippen molar-refractivity contribution in [3.8, 4) is 0 Å². The lowest BCUT2D eigenvalue weighted by Crippen LogP contribution is -2.46. The molecule has 0 N–H and O–H groups in total. The number of aromatic nitrogens is 1. The third-order valence-corrected chi connectivity index (χ3v) is 5.97. The first-order valence-electron chi connectivity index (χ1n) is 9.95. The van der Waals surface area contributed by atoms with E-state index in [1.165, 1.54) is 13.5 Å². The van der Waals surface area contributed by atoms with Crippen LogP contribution in [-0.4, -0.2) is 46.8 Å². The van der Waals surface area contributed by atoms with Crippen molar-refractivity contribution in [3.05, 3.63) is 35.2 Å². The molecular weight excluding hydrogens is 356 g/mol. The molecule has 6 nitrogen and oxygen atoms in total. The highest BCUT2D eigenvalue weighted by Gasteiger charge is 2.34. The van der Waals surface area contributed by atoms with Gasteiger partial charge in [-0.1, -0.05) is 25.3 Å². The molecule has 0 aromatic carbocycles. The molecule has 0 spiro atoms. The smallest absolute Gasteiger partial charge is 0.354 e. The van der Waals surface area contributed by atoms with Crippen LogP contribution in [0.3, 0.4) is 0 Å². The summed E-state index contributed by atoms with van der Waals surface area (Å²) in [6, 6.07) is -0.627. The summed E-state index contributed by atoms with van der Waals surface area (Å²) >= 11 is 0. The van der Waals surface area contributed by atoms with Crippen molar-refractivity contribution in [2.24, 2.45) is 13.0 Å². The second-order valence-electron chi connectivity index (χ2n) is 7.64. The van der Waals surface area contributed by atoms with Gasteiger partial charge < -0.3 is 14.2 Å². The van der Waals surface area contributed by atoms with Gasteiger partial charge in [0.25, 0.3) is 0 Å². The first kappa shape index (κ1) is 21.9. The lowest BCUT2D eigenvalue weighted by atomic mass is 9.87. The van der Waals surface area contributed by atoms with Crippen LogP contribution in [0.2, 0.25) is 0 Å². The van der Waals surface area contributed by atoms with Gasteiger partial charge in [-0.15, -0.1) is 6.58 Å². The quantitative estimate of drug-likeness (QED) is 0.407. The third-order valence-electron chi connectivity index (χ3n) is 5.97. The monoisotopic (exact) mass is 388 g/mol. The maximum absolute atomic E-state index is 13.4. The van der Waals surface area contributed by atoms with Crippen LogP contribution in [0.25, 0.3) is 0 Å². The summed E-state index contributed by atoms with van der Waals surface area (Å²) in [5, 5.41) is 0. The molecule has 1 saturated carbocycles. The number of hydrogen-bond donors (Lipinski definition) is 0. The zero-order valence-electron chi connectivity index (χ0n) is 17.7. The molecule has 154 valence electrons. The second-order valence-corrected chi connectivity index (χ2v) is 7.64. The van der Waals surface area contributed by atoms with Gasteiger partial charge in [0.05, 0.1) is 13.2 Å². The predicted octanol–water partition coefficient (Wildman–Crippen LogP) is 3.59. The Hall–Kier alpha value is -2.37. The molecule has 6 heteroatoms. The van der Waals surface area contributed by atoms with Gasteiger partial charge in [-0.05, 0) is 39.2 Å². The molecule has 1 amide bonds. The largest absolute Gasteiger partial charge is 0.464 e. The Labute approximate surface area is 167 Å². The number of hydrogen-bond acceptors (Lipinski definition) is 4. The fourth-order valence-electron chi connectivity index (χ4n) is 4.24. The molecule has 2 rings (SSSR count). The van der Waals surface area contributed by atoms with Gasteiger partial charge in [-0.25, -0.2) is 4.79 Å². The van der Waals surface area contributed by atoms with Gasteiger partial charge in [-0.3, -0.25) is 9.59 Å². The van der Waals surface area contributed by atoms with E-state index in [2.05, 4.69) is 6.58 Å². The second kappa shape index (κ2) is 9.22. The molecule has 1 atom stereocenters. The number of methoxy groups -OCH3 is 1. The average molecular weight is 389 g/mol. The number of nitrogens with zero attached hydrogens (tertiary/aromatic N) is 2. The summed E-state index contributed by atoms with van der Waals surface area (Å²) in [6.07, 6.45) is 6.69. The molecule has 1 aromatic heterocycles. The topological polar surface area (TPSA) is 68.6 Å². The Morgan fingerprint density at radius 1 is 1.25 bits per heavy atom. The minimum atomic E-state index is -0.627. The molecule has 0 saturated heterocycles. The van der Waals surface area contributed by atoms with E-state index in [0.29, 0.717) is 29.1 Å². The highest BCUT2D eigenvalue weighted by atomic mass is 16.5. The van der Waals surface area contributed by atoms with Gasteiger partial charge in [-0.2, -0.15) is 0 Å². The van der Waals surface area contributed by atoms with Gasteiger partial charge in [0.1, 0.15) is 5.69 Å². The number of carbonyl (C=O) groups excluding carboxylic acids is 3. The van der Waals surface area contributed by atoms with Crippen LogP contribution in [0.5, 0.6) is 0 Å². The molecule has 0 aliphatic heterocycles. The number of carbonyl (C=O) groups is 3. The summed E-state index contributed by atoms with van der Waals surface area (Å²) < 4.78 is 6.54. The first-order valence-corrected chi connectivity index (χ1v) is 9.95. The minimum Gasteiger partial charge on any atom is -0.464 e. The Kier molecular flexibility index (Phi) is 7.22. The number of ketones is 1. The van der Waals surface area contributed by atoms with Gasteiger partial charge in [0.15, 0.2) is 5.78 Å². The van der Waals surface area contributed by atoms with Gasteiger partial charge in [0.2, 0.25) is 5.91 Å². The van der Waals surface area contributed by atoms with E-state index in [9.17, 15) is 14.4 Å². The number of esters is 1. The van der Waals surface area contributed by atoms with E-state index in [-0.39, 0.29) is 17.6 Å². The fourth-order valence-corrected chi connectivity index (χ4v) is 4.24. The molecule has 1 heterocycles. The molecule has 0 unspecified atom stereocenters. The summed E-state index contributed by atoms with van der Waals surface area (Å²) in [5.74, 6) is -0.629. The van der Waals surface area contributed by atoms with Crippen LogP contribution in [-0.2, 0) is 16.6 Å². The van der Waals surface area contributed by atoms with E-state index in [1.807, 2.05) is 0 Å². The number of ether oxygens (including phenoxy) is 1. The minimum absolute atomic E-state index is 0.0208. The van der Waals surface area contributed by atoms with E-state index in [1.54, 1.807) is 43.4 Å². The van der Waals surface area contributed by atoms with Crippen molar-refractivity contribution in [1.82, 2.24) is 9.47 Å². The maximum atomic E-state index is 13.4. The van der Waals surface area contributed by atoms with Crippen molar-refractivity contribution in [3.63, 3.8) is 0 Å². The number of Topliss-reactive ketones (excluding diaryl/α,β-unsaturated/α-hetero) is 1. The molecule has 28 heavy (non-hydrogen) atoms. The summed E-state index contributed by atoms with van der Waals surface area (Å²) in [4.78, 5) is 40.2. The van der Waals surface area contributed by atoms with E-state index in [0.717, 1.165) is 25.7 Å².